The zero-order valence-corrected chi connectivity index (χ0v) is 14.3. The maximum absolute atomic E-state index is 12.5. The molecule has 2 atom stereocenters. The predicted molar refractivity (Wildman–Crippen MR) is 88.9 cm³/mol. The first-order valence-electron chi connectivity index (χ1n) is 8.03. The van der Waals surface area contributed by atoms with Crippen LogP contribution in [0.1, 0.15) is 45.2 Å². The lowest BCUT2D eigenvalue weighted by atomic mass is 10.00. The van der Waals surface area contributed by atoms with E-state index in [0.717, 1.165) is 5.56 Å². The van der Waals surface area contributed by atoms with Crippen LogP contribution in [0.25, 0.3) is 0 Å². The van der Waals surface area contributed by atoms with Crippen molar-refractivity contribution >= 4 is 12.0 Å². The Balaban J connectivity index is 2.00. The van der Waals surface area contributed by atoms with Gasteiger partial charge in [-0.25, -0.2) is 4.79 Å². The molecular weight excluding hydrogens is 306 g/mol. The molecule has 1 aliphatic heterocycles. The number of ether oxygens (including phenoxy) is 1. The Morgan fingerprint density at radius 3 is 2.54 bits per heavy atom. The summed E-state index contributed by atoms with van der Waals surface area (Å²) in [5, 5.41) is 11.9. The largest absolute Gasteiger partial charge is 0.444 e. The van der Waals surface area contributed by atoms with Crippen molar-refractivity contribution in [3.8, 4) is 6.07 Å². The minimum absolute atomic E-state index is 0.176. The second kappa shape index (κ2) is 7.35. The van der Waals surface area contributed by atoms with Crippen molar-refractivity contribution in [1.82, 2.24) is 10.2 Å². The molecule has 0 aromatic heterocycles. The third-order valence-corrected chi connectivity index (χ3v) is 3.76. The molecule has 0 unspecified atom stereocenters. The molecule has 1 N–H and O–H groups in total. The number of nitriles is 1. The van der Waals surface area contributed by atoms with Gasteiger partial charge in [-0.2, -0.15) is 5.26 Å². The van der Waals surface area contributed by atoms with Crippen molar-refractivity contribution in [1.29, 1.82) is 5.26 Å². The van der Waals surface area contributed by atoms with Gasteiger partial charge >= 0.3 is 6.09 Å². The van der Waals surface area contributed by atoms with E-state index in [-0.39, 0.29) is 18.4 Å². The van der Waals surface area contributed by atoms with E-state index in [9.17, 15) is 9.59 Å². The van der Waals surface area contributed by atoms with E-state index in [1.54, 1.807) is 20.8 Å². The zero-order chi connectivity index (χ0) is 17.7. The molecule has 1 heterocycles. The summed E-state index contributed by atoms with van der Waals surface area (Å²) in [6, 6.07) is 10.5. The molecule has 1 saturated heterocycles. The summed E-state index contributed by atoms with van der Waals surface area (Å²) in [6.45, 7) is 5.87. The van der Waals surface area contributed by atoms with Gasteiger partial charge in [0.1, 0.15) is 11.6 Å². The summed E-state index contributed by atoms with van der Waals surface area (Å²) in [7, 11) is 0. The van der Waals surface area contributed by atoms with Gasteiger partial charge in [-0.15, -0.1) is 0 Å². The van der Waals surface area contributed by atoms with Crippen molar-refractivity contribution in [2.75, 3.05) is 6.54 Å². The fraction of sp³-hybridized carbons (Fsp3) is 0.500. The standard InChI is InChI=1S/C18H23N3O3/c1-18(2,3)24-17(23)21-12-10-15(21)16(22)20-14(9-11-19)13-7-5-4-6-8-13/h4-8,14-15H,9-10,12H2,1-3H3,(H,20,22)/t14-,15-/m1/s1. The molecule has 1 aliphatic rings. The zero-order valence-electron chi connectivity index (χ0n) is 14.3. The van der Waals surface area contributed by atoms with E-state index in [4.69, 9.17) is 10.00 Å². The van der Waals surface area contributed by atoms with Gasteiger partial charge in [-0.05, 0) is 32.8 Å². The van der Waals surface area contributed by atoms with E-state index in [2.05, 4.69) is 11.4 Å². The van der Waals surface area contributed by atoms with Crippen molar-refractivity contribution in [2.45, 2.75) is 51.3 Å². The van der Waals surface area contributed by atoms with E-state index in [1.807, 2.05) is 30.3 Å². The van der Waals surface area contributed by atoms with Crippen molar-refractivity contribution in [3.05, 3.63) is 35.9 Å². The summed E-state index contributed by atoms with van der Waals surface area (Å²) >= 11 is 0. The van der Waals surface area contributed by atoms with Crippen LogP contribution in [-0.4, -0.2) is 35.1 Å². The Kier molecular flexibility index (Phi) is 5.45. The summed E-state index contributed by atoms with van der Waals surface area (Å²) in [6.07, 6.45) is 0.291. The topological polar surface area (TPSA) is 82.4 Å². The van der Waals surface area contributed by atoms with Crippen molar-refractivity contribution in [2.24, 2.45) is 0 Å². The minimum Gasteiger partial charge on any atom is -0.444 e. The fourth-order valence-electron chi connectivity index (χ4n) is 2.50. The molecule has 1 aromatic rings. The van der Waals surface area contributed by atoms with Crippen LogP contribution < -0.4 is 5.32 Å². The van der Waals surface area contributed by atoms with Crippen molar-refractivity contribution < 1.29 is 14.3 Å². The van der Waals surface area contributed by atoms with Crippen LogP contribution in [0.3, 0.4) is 0 Å². The Hall–Kier alpha value is -2.55. The second-order valence-corrected chi connectivity index (χ2v) is 6.81. The second-order valence-electron chi connectivity index (χ2n) is 6.81. The van der Waals surface area contributed by atoms with E-state index >= 15 is 0 Å². The van der Waals surface area contributed by atoms with Crippen LogP contribution in [0.15, 0.2) is 30.3 Å². The number of hydrogen-bond acceptors (Lipinski definition) is 4. The quantitative estimate of drug-likeness (QED) is 0.921. The maximum Gasteiger partial charge on any atom is 0.410 e. The first-order valence-corrected chi connectivity index (χ1v) is 8.03. The summed E-state index contributed by atoms with van der Waals surface area (Å²) in [5.74, 6) is -0.254. The number of likely N-dealkylation sites (tertiary alicyclic amines) is 1. The third kappa shape index (κ3) is 4.48. The van der Waals surface area contributed by atoms with Crippen LogP contribution in [-0.2, 0) is 9.53 Å². The summed E-state index contributed by atoms with van der Waals surface area (Å²) < 4.78 is 5.31. The van der Waals surface area contributed by atoms with Gasteiger partial charge in [0.15, 0.2) is 0 Å². The lowest BCUT2D eigenvalue weighted by Crippen LogP contribution is -2.59. The number of hydrogen-bond donors (Lipinski definition) is 1. The molecular formula is C18H23N3O3. The van der Waals surface area contributed by atoms with Gasteiger partial charge in [-0.1, -0.05) is 30.3 Å². The van der Waals surface area contributed by atoms with Crippen molar-refractivity contribution in [3.63, 3.8) is 0 Å². The molecule has 0 saturated carbocycles. The molecule has 0 aliphatic carbocycles. The number of nitrogens with zero attached hydrogens (tertiary/aromatic N) is 2. The number of nitrogens with one attached hydrogen (secondary N) is 1. The third-order valence-electron chi connectivity index (χ3n) is 3.76. The number of carbonyl (C=O) groups excluding carboxylic acids is 2. The van der Waals surface area contributed by atoms with Crippen LogP contribution in [0.2, 0.25) is 0 Å². The van der Waals surface area contributed by atoms with Crippen LogP contribution >= 0.6 is 0 Å². The van der Waals surface area contributed by atoms with Gasteiger partial charge in [0.05, 0.1) is 18.5 Å². The summed E-state index contributed by atoms with van der Waals surface area (Å²) in [4.78, 5) is 26.0. The lowest BCUT2D eigenvalue weighted by Gasteiger charge is -2.40. The van der Waals surface area contributed by atoms with Gasteiger partial charge in [0.2, 0.25) is 5.91 Å². The Bertz CT molecular complexity index is 631. The van der Waals surface area contributed by atoms with Gasteiger partial charge < -0.3 is 10.1 Å². The highest BCUT2D eigenvalue weighted by Gasteiger charge is 2.40. The molecule has 1 fully saturated rings. The van der Waals surface area contributed by atoms with E-state index in [0.29, 0.717) is 13.0 Å². The van der Waals surface area contributed by atoms with Crippen LogP contribution in [0, 0.1) is 11.3 Å². The first-order chi connectivity index (χ1) is 11.3. The van der Waals surface area contributed by atoms with E-state index in [1.165, 1.54) is 4.90 Å². The first kappa shape index (κ1) is 17.8. The molecule has 6 nitrogen and oxygen atoms in total. The average Bonchev–Trinajstić information content (AvgIpc) is 2.44. The fourth-order valence-corrected chi connectivity index (χ4v) is 2.50. The molecule has 6 heteroatoms. The molecule has 0 radical (unpaired) electrons. The smallest absolute Gasteiger partial charge is 0.410 e. The lowest BCUT2D eigenvalue weighted by molar-refractivity contribution is -0.131. The Labute approximate surface area is 142 Å². The molecule has 128 valence electrons. The normalized spacial score (nSPS) is 18.1. The average molecular weight is 329 g/mol. The van der Waals surface area contributed by atoms with Crippen LogP contribution in [0.5, 0.6) is 0 Å². The molecule has 0 bridgehead atoms. The van der Waals surface area contributed by atoms with Gasteiger partial charge in [-0.3, -0.25) is 9.69 Å². The number of benzene rings is 1. The Morgan fingerprint density at radius 1 is 1.38 bits per heavy atom. The molecule has 24 heavy (non-hydrogen) atoms. The number of carbonyl (C=O) groups is 2. The number of amides is 2. The highest BCUT2D eigenvalue weighted by Crippen LogP contribution is 2.23. The highest BCUT2D eigenvalue weighted by atomic mass is 16.6. The molecule has 0 spiro atoms. The molecule has 2 rings (SSSR count). The van der Waals surface area contributed by atoms with E-state index < -0.39 is 17.7 Å². The SMILES string of the molecule is CC(C)(C)OC(=O)N1CC[C@@H]1C(=O)N[C@H](CC#N)c1ccccc1. The Morgan fingerprint density at radius 2 is 2.04 bits per heavy atom. The minimum atomic E-state index is -0.596. The van der Waals surface area contributed by atoms with Gasteiger partial charge in [0.25, 0.3) is 0 Å². The summed E-state index contributed by atoms with van der Waals surface area (Å²) in [5.41, 5.74) is 0.275. The van der Waals surface area contributed by atoms with Crippen LogP contribution in [0.4, 0.5) is 4.79 Å². The number of rotatable bonds is 4. The predicted octanol–water partition coefficient (Wildman–Crippen LogP) is 2.77. The highest BCUT2D eigenvalue weighted by molar-refractivity contribution is 5.87. The monoisotopic (exact) mass is 329 g/mol. The molecule has 1 aromatic carbocycles. The van der Waals surface area contributed by atoms with Gasteiger partial charge in [0, 0.05) is 6.54 Å². The maximum atomic E-state index is 12.5. The molecule has 2 amide bonds.